The third kappa shape index (κ3) is 2.67. The number of phenolic OH excluding ortho intramolecular Hbond substituents is 1. The lowest BCUT2D eigenvalue weighted by atomic mass is 10.1. The zero-order valence-corrected chi connectivity index (χ0v) is 12.1. The molecule has 2 aromatic rings. The predicted octanol–water partition coefficient (Wildman–Crippen LogP) is 4.38. The number of halogens is 1. The molecule has 0 saturated heterocycles. The molecule has 18 heavy (non-hydrogen) atoms. The molecule has 0 heterocycles. The number of hydrogen-bond donors (Lipinski definition) is 2. The van der Waals surface area contributed by atoms with Crippen molar-refractivity contribution in [2.45, 2.75) is 20.4 Å². The van der Waals surface area contributed by atoms with Crippen LogP contribution in [-0.2, 0) is 6.54 Å². The molecular weight excluding hydrogens is 290 g/mol. The molecule has 0 aliphatic rings. The van der Waals surface area contributed by atoms with Gasteiger partial charge in [-0.3, -0.25) is 0 Å². The molecular formula is C15H16BrNO. The topological polar surface area (TPSA) is 32.3 Å². The Hall–Kier alpha value is -1.48. The normalized spacial score (nSPS) is 10.4. The molecule has 0 aliphatic heterocycles. The standard InChI is InChI=1S/C15H16BrNO/c1-10-7-8-14(11(2)15(10)18)17-9-12-5-3-4-6-13(12)16/h3-8,17-18H,9H2,1-2H3. The molecule has 0 amide bonds. The Morgan fingerprint density at radius 3 is 2.56 bits per heavy atom. The van der Waals surface area contributed by atoms with Crippen LogP contribution in [0.15, 0.2) is 40.9 Å². The van der Waals surface area contributed by atoms with E-state index in [1.54, 1.807) is 0 Å². The van der Waals surface area contributed by atoms with Crippen molar-refractivity contribution in [2.75, 3.05) is 5.32 Å². The number of rotatable bonds is 3. The van der Waals surface area contributed by atoms with Gasteiger partial charge in [-0.2, -0.15) is 0 Å². The van der Waals surface area contributed by atoms with Crippen LogP contribution < -0.4 is 5.32 Å². The summed E-state index contributed by atoms with van der Waals surface area (Å²) in [4.78, 5) is 0. The zero-order chi connectivity index (χ0) is 13.1. The lowest BCUT2D eigenvalue weighted by Crippen LogP contribution is -2.02. The molecule has 0 spiro atoms. The summed E-state index contributed by atoms with van der Waals surface area (Å²) < 4.78 is 1.09. The largest absolute Gasteiger partial charge is 0.507 e. The lowest BCUT2D eigenvalue weighted by molar-refractivity contribution is 0.467. The summed E-state index contributed by atoms with van der Waals surface area (Å²) in [6.07, 6.45) is 0. The quantitative estimate of drug-likeness (QED) is 0.882. The molecule has 0 fully saturated rings. The van der Waals surface area contributed by atoms with Gasteiger partial charge in [0.2, 0.25) is 0 Å². The fourth-order valence-electron chi connectivity index (χ4n) is 1.86. The van der Waals surface area contributed by atoms with Gasteiger partial charge in [0.05, 0.1) is 0 Å². The van der Waals surface area contributed by atoms with E-state index >= 15 is 0 Å². The molecule has 0 aliphatic carbocycles. The maximum Gasteiger partial charge on any atom is 0.123 e. The second-order valence-corrected chi connectivity index (χ2v) is 5.20. The summed E-state index contributed by atoms with van der Waals surface area (Å²) in [5, 5.41) is 13.2. The van der Waals surface area contributed by atoms with Crippen molar-refractivity contribution in [1.82, 2.24) is 0 Å². The summed E-state index contributed by atoms with van der Waals surface area (Å²) in [6, 6.07) is 12.0. The van der Waals surface area contributed by atoms with Crippen molar-refractivity contribution in [3.8, 4) is 5.75 Å². The van der Waals surface area contributed by atoms with Gasteiger partial charge >= 0.3 is 0 Å². The van der Waals surface area contributed by atoms with Gasteiger partial charge in [0, 0.05) is 22.3 Å². The first kappa shape index (κ1) is 13.0. The van der Waals surface area contributed by atoms with E-state index in [0.717, 1.165) is 27.8 Å². The second kappa shape index (κ2) is 5.44. The molecule has 0 aromatic heterocycles. The highest BCUT2D eigenvalue weighted by atomic mass is 79.9. The first-order valence-corrected chi connectivity index (χ1v) is 6.65. The van der Waals surface area contributed by atoms with Crippen LogP contribution >= 0.6 is 15.9 Å². The van der Waals surface area contributed by atoms with Crippen molar-refractivity contribution >= 4 is 21.6 Å². The Morgan fingerprint density at radius 1 is 1.11 bits per heavy atom. The Morgan fingerprint density at radius 2 is 1.83 bits per heavy atom. The van der Waals surface area contributed by atoms with Crippen LogP contribution in [0.4, 0.5) is 5.69 Å². The molecule has 2 nitrogen and oxygen atoms in total. The van der Waals surface area contributed by atoms with Crippen LogP contribution in [0.3, 0.4) is 0 Å². The molecule has 0 saturated carbocycles. The maximum absolute atomic E-state index is 9.89. The van der Waals surface area contributed by atoms with E-state index in [0.29, 0.717) is 5.75 Å². The first-order chi connectivity index (χ1) is 8.59. The maximum atomic E-state index is 9.89. The number of aromatic hydroxyl groups is 1. The van der Waals surface area contributed by atoms with Crippen LogP contribution in [0.25, 0.3) is 0 Å². The smallest absolute Gasteiger partial charge is 0.123 e. The van der Waals surface area contributed by atoms with Crippen molar-refractivity contribution in [3.05, 3.63) is 57.6 Å². The highest BCUT2D eigenvalue weighted by molar-refractivity contribution is 9.10. The van der Waals surface area contributed by atoms with E-state index in [-0.39, 0.29) is 0 Å². The molecule has 2 aromatic carbocycles. The number of benzene rings is 2. The van der Waals surface area contributed by atoms with Crippen LogP contribution in [0.1, 0.15) is 16.7 Å². The summed E-state index contributed by atoms with van der Waals surface area (Å²) >= 11 is 3.53. The Kier molecular flexibility index (Phi) is 3.92. The minimum atomic E-state index is 0.368. The van der Waals surface area contributed by atoms with Crippen molar-refractivity contribution in [3.63, 3.8) is 0 Å². The predicted molar refractivity (Wildman–Crippen MR) is 79.0 cm³/mol. The zero-order valence-electron chi connectivity index (χ0n) is 10.5. The highest BCUT2D eigenvalue weighted by Crippen LogP contribution is 2.28. The van der Waals surface area contributed by atoms with Crippen LogP contribution in [0, 0.1) is 13.8 Å². The van der Waals surface area contributed by atoms with E-state index in [2.05, 4.69) is 27.3 Å². The summed E-state index contributed by atoms with van der Waals surface area (Å²) in [5.41, 5.74) is 3.95. The van der Waals surface area contributed by atoms with E-state index in [1.807, 2.05) is 44.2 Å². The van der Waals surface area contributed by atoms with Crippen molar-refractivity contribution in [1.29, 1.82) is 0 Å². The average molecular weight is 306 g/mol. The van der Waals surface area contributed by atoms with Gasteiger partial charge < -0.3 is 10.4 Å². The van der Waals surface area contributed by atoms with Gasteiger partial charge in [-0.05, 0) is 37.1 Å². The van der Waals surface area contributed by atoms with E-state index in [9.17, 15) is 5.11 Å². The minimum absolute atomic E-state index is 0.368. The highest BCUT2D eigenvalue weighted by Gasteiger charge is 2.06. The molecule has 94 valence electrons. The number of nitrogens with one attached hydrogen (secondary N) is 1. The van der Waals surface area contributed by atoms with E-state index in [1.165, 1.54) is 5.56 Å². The van der Waals surface area contributed by atoms with Gasteiger partial charge in [-0.1, -0.05) is 40.2 Å². The Balaban J connectivity index is 2.17. The fourth-order valence-corrected chi connectivity index (χ4v) is 2.28. The summed E-state index contributed by atoms with van der Waals surface area (Å²) in [7, 11) is 0. The second-order valence-electron chi connectivity index (χ2n) is 4.35. The lowest BCUT2D eigenvalue weighted by Gasteiger charge is -2.13. The van der Waals surface area contributed by atoms with Gasteiger partial charge in [-0.15, -0.1) is 0 Å². The molecule has 0 atom stereocenters. The Labute approximate surface area is 116 Å². The number of anilines is 1. The molecule has 0 bridgehead atoms. The molecule has 0 unspecified atom stereocenters. The van der Waals surface area contributed by atoms with E-state index in [4.69, 9.17) is 0 Å². The van der Waals surface area contributed by atoms with Crippen molar-refractivity contribution < 1.29 is 5.11 Å². The molecule has 3 heteroatoms. The monoisotopic (exact) mass is 305 g/mol. The van der Waals surface area contributed by atoms with Gasteiger partial charge in [0.25, 0.3) is 0 Å². The summed E-state index contributed by atoms with van der Waals surface area (Å²) in [6.45, 7) is 4.55. The number of hydrogen-bond acceptors (Lipinski definition) is 2. The van der Waals surface area contributed by atoms with Gasteiger partial charge in [0.1, 0.15) is 5.75 Å². The molecule has 0 radical (unpaired) electrons. The number of aryl methyl sites for hydroxylation is 1. The van der Waals surface area contributed by atoms with Crippen LogP contribution in [0.5, 0.6) is 5.75 Å². The van der Waals surface area contributed by atoms with Gasteiger partial charge in [-0.25, -0.2) is 0 Å². The van der Waals surface area contributed by atoms with E-state index < -0.39 is 0 Å². The minimum Gasteiger partial charge on any atom is -0.507 e. The van der Waals surface area contributed by atoms with Crippen LogP contribution in [-0.4, -0.2) is 5.11 Å². The SMILES string of the molecule is Cc1ccc(NCc2ccccc2Br)c(C)c1O. The fraction of sp³-hybridized carbons (Fsp3) is 0.200. The first-order valence-electron chi connectivity index (χ1n) is 5.86. The Bertz CT molecular complexity index is 566. The molecule has 2 N–H and O–H groups in total. The van der Waals surface area contributed by atoms with Crippen LogP contribution in [0.2, 0.25) is 0 Å². The van der Waals surface area contributed by atoms with Crippen molar-refractivity contribution in [2.24, 2.45) is 0 Å². The third-order valence-corrected chi connectivity index (χ3v) is 3.83. The third-order valence-electron chi connectivity index (χ3n) is 3.06. The van der Waals surface area contributed by atoms with Gasteiger partial charge in [0.15, 0.2) is 0 Å². The summed E-state index contributed by atoms with van der Waals surface area (Å²) in [5.74, 6) is 0.368. The average Bonchev–Trinajstić information content (AvgIpc) is 2.37. The number of phenols is 1. The molecule has 2 rings (SSSR count).